The fourth-order valence-corrected chi connectivity index (χ4v) is 2.73. The van der Waals surface area contributed by atoms with Gasteiger partial charge in [0.2, 0.25) is 0 Å². The molecule has 1 aromatic heterocycles. The fraction of sp³-hybridized carbons (Fsp3) is 0.286. The Labute approximate surface area is 117 Å². The normalized spacial score (nSPS) is 14.0. The number of rotatable bonds is 6. The highest BCUT2D eigenvalue weighted by molar-refractivity contribution is 7.99. The van der Waals surface area contributed by atoms with Crippen molar-refractivity contribution in [1.82, 2.24) is 9.97 Å². The molecule has 0 radical (unpaired) electrons. The van der Waals surface area contributed by atoms with Gasteiger partial charge in [0.15, 0.2) is 0 Å². The van der Waals surface area contributed by atoms with Crippen molar-refractivity contribution >= 4 is 11.8 Å². The molecule has 1 unspecified atom stereocenters. The molecule has 0 saturated carbocycles. The van der Waals surface area contributed by atoms with Crippen LogP contribution in [0.4, 0.5) is 0 Å². The first-order valence-corrected chi connectivity index (χ1v) is 7.10. The first-order chi connectivity index (χ1) is 9.24. The SMILES string of the molecule is NCC(O)(CCSc1ccncn1)c1ccccc1. The monoisotopic (exact) mass is 275 g/mol. The van der Waals surface area contributed by atoms with E-state index in [1.807, 2.05) is 36.4 Å². The minimum absolute atomic E-state index is 0.210. The molecule has 1 aromatic carbocycles. The molecular weight excluding hydrogens is 258 g/mol. The van der Waals surface area contributed by atoms with Crippen LogP contribution in [-0.2, 0) is 5.60 Å². The van der Waals surface area contributed by atoms with Crippen LogP contribution in [0.25, 0.3) is 0 Å². The Morgan fingerprint density at radius 1 is 1.21 bits per heavy atom. The quantitative estimate of drug-likeness (QED) is 0.621. The van der Waals surface area contributed by atoms with E-state index in [-0.39, 0.29) is 6.54 Å². The molecule has 2 rings (SSSR count). The Kier molecular flexibility index (Phi) is 4.90. The molecule has 2 aromatic rings. The van der Waals surface area contributed by atoms with Gasteiger partial charge in [0, 0.05) is 18.5 Å². The number of hydrogen-bond donors (Lipinski definition) is 2. The van der Waals surface area contributed by atoms with Gasteiger partial charge in [-0.3, -0.25) is 0 Å². The molecule has 0 saturated heterocycles. The molecule has 1 atom stereocenters. The van der Waals surface area contributed by atoms with Crippen LogP contribution in [0.1, 0.15) is 12.0 Å². The minimum Gasteiger partial charge on any atom is -0.384 e. The van der Waals surface area contributed by atoms with Gasteiger partial charge in [-0.1, -0.05) is 30.3 Å². The molecule has 0 aliphatic carbocycles. The minimum atomic E-state index is -0.971. The standard InChI is InChI=1S/C14H17N3OS/c15-10-14(18,12-4-2-1-3-5-12)7-9-19-13-6-8-16-11-17-13/h1-6,8,11,18H,7,9-10,15H2. The summed E-state index contributed by atoms with van der Waals surface area (Å²) in [6.45, 7) is 0.210. The van der Waals surface area contributed by atoms with Gasteiger partial charge < -0.3 is 10.8 Å². The molecule has 100 valence electrons. The third kappa shape index (κ3) is 3.76. The van der Waals surface area contributed by atoms with Crippen LogP contribution in [0.5, 0.6) is 0 Å². The van der Waals surface area contributed by atoms with Crippen molar-refractivity contribution < 1.29 is 5.11 Å². The Morgan fingerprint density at radius 2 is 2.00 bits per heavy atom. The molecule has 0 bridgehead atoms. The van der Waals surface area contributed by atoms with Gasteiger partial charge in [0.25, 0.3) is 0 Å². The summed E-state index contributed by atoms with van der Waals surface area (Å²) >= 11 is 1.59. The maximum Gasteiger partial charge on any atom is 0.116 e. The van der Waals surface area contributed by atoms with E-state index in [1.54, 1.807) is 18.0 Å². The highest BCUT2D eigenvalue weighted by atomic mass is 32.2. The van der Waals surface area contributed by atoms with Gasteiger partial charge in [0.1, 0.15) is 11.9 Å². The lowest BCUT2D eigenvalue weighted by atomic mass is 9.91. The molecule has 0 aliphatic rings. The Bertz CT molecular complexity index is 495. The number of aliphatic hydroxyl groups is 1. The highest BCUT2D eigenvalue weighted by Gasteiger charge is 2.26. The number of nitrogens with zero attached hydrogens (tertiary/aromatic N) is 2. The predicted molar refractivity (Wildman–Crippen MR) is 76.8 cm³/mol. The molecule has 1 heterocycles. The van der Waals surface area contributed by atoms with Crippen molar-refractivity contribution in [2.45, 2.75) is 17.0 Å². The summed E-state index contributed by atoms with van der Waals surface area (Å²) in [6, 6.07) is 11.4. The first kappa shape index (κ1) is 14.0. The molecule has 0 aliphatic heterocycles. The van der Waals surface area contributed by atoms with Crippen LogP contribution >= 0.6 is 11.8 Å². The Hall–Kier alpha value is -1.43. The third-order valence-corrected chi connectivity index (χ3v) is 3.91. The van der Waals surface area contributed by atoms with E-state index in [0.717, 1.165) is 16.3 Å². The van der Waals surface area contributed by atoms with E-state index in [0.29, 0.717) is 6.42 Å². The second-order valence-electron chi connectivity index (χ2n) is 4.25. The number of aromatic nitrogens is 2. The van der Waals surface area contributed by atoms with Gasteiger partial charge in [-0.15, -0.1) is 11.8 Å². The first-order valence-electron chi connectivity index (χ1n) is 6.11. The van der Waals surface area contributed by atoms with E-state index in [2.05, 4.69) is 9.97 Å². The van der Waals surface area contributed by atoms with Gasteiger partial charge >= 0.3 is 0 Å². The molecule has 3 N–H and O–H groups in total. The van der Waals surface area contributed by atoms with Gasteiger partial charge in [-0.2, -0.15) is 0 Å². The molecule has 19 heavy (non-hydrogen) atoms. The molecule has 0 fully saturated rings. The van der Waals surface area contributed by atoms with E-state index in [9.17, 15) is 5.11 Å². The summed E-state index contributed by atoms with van der Waals surface area (Å²) in [5.41, 5.74) is 5.62. The van der Waals surface area contributed by atoms with Gasteiger partial charge in [-0.05, 0) is 18.1 Å². The van der Waals surface area contributed by atoms with Crippen molar-refractivity contribution in [3.05, 3.63) is 54.5 Å². The van der Waals surface area contributed by atoms with E-state index >= 15 is 0 Å². The zero-order valence-corrected chi connectivity index (χ0v) is 11.4. The van der Waals surface area contributed by atoms with Crippen LogP contribution < -0.4 is 5.73 Å². The smallest absolute Gasteiger partial charge is 0.116 e. The van der Waals surface area contributed by atoms with Crippen molar-refractivity contribution in [1.29, 1.82) is 0 Å². The molecule has 0 spiro atoms. The largest absolute Gasteiger partial charge is 0.384 e. The number of nitrogens with two attached hydrogens (primary N) is 1. The summed E-state index contributed by atoms with van der Waals surface area (Å²) in [4.78, 5) is 8.01. The molecular formula is C14H17N3OS. The van der Waals surface area contributed by atoms with Gasteiger partial charge in [-0.25, -0.2) is 9.97 Å². The van der Waals surface area contributed by atoms with Crippen LogP contribution in [-0.4, -0.2) is 27.4 Å². The lowest BCUT2D eigenvalue weighted by Gasteiger charge is -2.26. The summed E-state index contributed by atoms with van der Waals surface area (Å²) < 4.78 is 0. The molecule has 0 amide bonds. The predicted octanol–water partition coefficient (Wildman–Crippen LogP) is 1.81. The summed E-state index contributed by atoms with van der Waals surface area (Å²) in [6.07, 6.45) is 3.82. The summed E-state index contributed by atoms with van der Waals surface area (Å²) in [7, 11) is 0. The van der Waals surface area contributed by atoms with Crippen LogP contribution in [0.3, 0.4) is 0 Å². The van der Waals surface area contributed by atoms with E-state index < -0.39 is 5.60 Å². The van der Waals surface area contributed by atoms with Crippen LogP contribution in [0, 0.1) is 0 Å². The summed E-state index contributed by atoms with van der Waals surface area (Å²) in [5, 5.41) is 11.5. The zero-order chi connectivity index (χ0) is 13.6. The Morgan fingerprint density at radius 3 is 2.63 bits per heavy atom. The van der Waals surface area contributed by atoms with Gasteiger partial charge in [0.05, 0.1) is 5.03 Å². The topological polar surface area (TPSA) is 72.0 Å². The second kappa shape index (κ2) is 6.65. The van der Waals surface area contributed by atoms with Crippen molar-refractivity contribution in [2.75, 3.05) is 12.3 Å². The van der Waals surface area contributed by atoms with Crippen molar-refractivity contribution in [2.24, 2.45) is 5.73 Å². The van der Waals surface area contributed by atoms with E-state index in [1.165, 1.54) is 6.33 Å². The van der Waals surface area contributed by atoms with E-state index in [4.69, 9.17) is 5.73 Å². The zero-order valence-electron chi connectivity index (χ0n) is 10.6. The van der Waals surface area contributed by atoms with Crippen LogP contribution in [0.15, 0.2) is 53.9 Å². The molecule has 5 heteroatoms. The number of thioether (sulfide) groups is 1. The fourth-order valence-electron chi connectivity index (χ4n) is 1.80. The van der Waals surface area contributed by atoms with Crippen LogP contribution in [0.2, 0.25) is 0 Å². The van der Waals surface area contributed by atoms with Crippen molar-refractivity contribution in [3.63, 3.8) is 0 Å². The maximum absolute atomic E-state index is 10.6. The lowest BCUT2D eigenvalue weighted by Crippen LogP contribution is -2.35. The molecule has 4 nitrogen and oxygen atoms in total. The Balaban J connectivity index is 1.96. The maximum atomic E-state index is 10.6. The third-order valence-electron chi connectivity index (χ3n) is 2.97. The number of benzene rings is 1. The second-order valence-corrected chi connectivity index (χ2v) is 5.36. The number of hydrogen-bond acceptors (Lipinski definition) is 5. The highest BCUT2D eigenvalue weighted by Crippen LogP contribution is 2.27. The summed E-state index contributed by atoms with van der Waals surface area (Å²) in [5.74, 6) is 0.750. The lowest BCUT2D eigenvalue weighted by molar-refractivity contribution is 0.0431. The average Bonchev–Trinajstić information content (AvgIpc) is 2.49. The van der Waals surface area contributed by atoms with Crippen molar-refractivity contribution in [3.8, 4) is 0 Å². The average molecular weight is 275 g/mol.